The molecule has 102 valence electrons. The van der Waals surface area contributed by atoms with E-state index in [-0.39, 0.29) is 0 Å². The van der Waals surface area contributed by atoms with Crippen molar-refractivity contribution in [2.75, 3.05) is 5.32 Å². The number of anilines is 1. The van der Waals surface area contributed by atoms with Crippen LogP contribution in [0.2, 0.25) is 10.0 Å². The summed E-state index contributed by atoms with van der Waals surface area (Å²) in [6.45, 7) is 0. The highest BCUT2D eigenvalue weighted by atomic mass is 35.5. The minimum Gasteiger partial charge on any atom is -0.298 e. The van der Waals surface area contributed by atoms with E-state index in [4.69, 9.17) is 23.2 Å². The van der Waals surface area contributed by atoms with Crippen LogP contribution in [0.1, 0.15) is 5.56 Å². The molecule has 2 rings (SSSR count). The third-order valence-electron chi connectivity index (χ3n) is 2.30. The number of carbonyl (C=O) groups excluding carboxylic acids is 1. The number of hydrogen-bond acceptors (Lipinski definition) is 3. The number of benzene rings is 2. The minimum absolute atomic E-state index is 0.570. The third-order valence-corrected chi connectivity index (χ3v) is 2.80. The first-order chi connectivity index (χ1) is 9.63. The Bertz CT molecular complexity index is 610. The second-order valence-electron chi connectivity index (χ2n) is 3.80. The summed E-state index contributed by atoms with van der Waals surface area (Å²) in [4.78, 5) is 16.1. The zero-order chi connectivity index (χ0) is 14.4. The number of oxime groups is 1. The molecule has 0 spiro atoms. The maximum absolute atomic E-state index is 11.4. The monoisotopic (exact) mass is 308 g/mol. The van der Waals surface area contributed by atoms with E-state index in [1.807, 2.05) is 0 Å². The molecule has 0 aliphatic rings. The molecule has 0 fully saturated rings. The zero-order valence-electron chi connectivity index (χ0n) is 10.2. The average molecular weight is 309 g/mol. The van der Waals surface area contributed by atoms with Crippen molar-refractivity contribution in [1.82, 2.24) is 0 Å². The number of nitrogens with zero attached hydrogens (tertiary/aromatic N) is 1. The molecule has 0 saturated heterocycles. The van der Waals surface area contributed by atoms with Crippen LogP contribution in [-0.2, 0) is 4.84 Å². The predicted octanol–water partition coefficient (Wildman–Crippen LogP) is 4.58. The number of halogens is 2. The standard InChI is InChI=1S/C14H10Cl2N2O2/c15-11-3-1-10(2-4-11)9-17-20-14(19)18-13-7-5-12(16)6-8-13/h1-9H,(H,18,19). The van der Waals surface area contributed by atoms with Crippen LogP contribution in [0.15, 0.2) is 53.7 Å². The largest absolute Gasteiger partial charge is 0.437 e. The number of nitrogens with one attached hydrogen (secondary N) is 1. The molecule has 1 amide bonds. The summed E-state index contributed by atoms with van der Waals surface area (Å²) in [7, 11) is 0. The van der Waals surface area contributed by atoms with Crippen molar-refractivity contribution in [1.29, 1.82) is 0 Å². The van der Waals surface area contributed by atoms with Gasteiger partial charge in [0, 0.05) is 15.7 Å². The topological polar surface area (TPSA) is 50.7 Å². The van der Waals surface area contributed by atoms with E-state index in [2.05, 4.69) is 15.3 Å². The Kier molecular flexibility index (Phi) is 4.98. The van der Waals surface area contributed by atoms with Crippen LogP contribution in [0.5, 0.6) is 0 Å². The van der Waals surface area contributed by atoms with E-state index in [0.29, 0.717) is 15.7 Å². The van der Waals surface area contributed by atoms with Crippen LogP contribution in [-0.4, -0.2) is 12.3 Å². The van der Waals surface area contributed by atoms with Gasteiger partial charge in [-0.1, -0.05) is 40.5 Å². The van der Waals surface area contributed by atoms with Crippen LogP contribution in [0.25, 0.3) is 0 Å². The van der Waals surface area contributed by atoms with Crippen LogP contribution in [0, 0.1) is 0 Å². The van der Waals surface area contributed by atoms with Gasteiger partial charge in [0.2, 0.25) is 0 Å². The Morgan fingerprint density at radius 3 is 2.15 bits per heavy atom. The van der Waals surface area contributed by atoms with Gasteiger partial charge in [-0.3, -0.25) is 10.2 Å². The summed E-state index contributed by atoms with van der Waals surface area (Å²) < 4.78 is 0. The SMILES string of the molecule is O=C(Nc1ccc(Cl)cc1)ON=Cc1ccc(Cl)cc1. The molecular weight excluding hydrogens is 299 g/mol. The molecule has 0 unspecified atom stereocenters. The number of carbonyl (C=O) groups is 1. The van der Waals surface area contributed by atoms with Crippen LogP contribution < -0.4 is 5.32 Å². The van der Waals surface area contributed by atoms with Gasteiger partial charge >= 0.3 is 6.09 Å². The van der Waals surface area contributed by atoms with Crippen LogP contribution in [0.3, 0.4) is 0 Å². The average Bonchev–Trinajstić information content (AvgIpc) is 2.44. The second-order valence-corrected chi connectivity index (χ2v) is 4.67. The van der Waals surface area contributed by atoms with E-state index in [1.165, 1.54) is 6.21 Å². The quantitative estimate of drug-likeness (QED) is 0.513. The molecule has 2 aromatic carbocycles. The highest BCUT2D eigenvalue weighted by molar-refractivity contribution is 6.30. The number of amides is 1. The lowest BCUT2D eigenvalue weighted by Gasteiger charge is -2.02. The van der Waals surface area contributed by atoms with E-state index in [1.54, 1.807) is 48.5 Å². The molecule has 0 saturated carbocycles. The molecule has 0 heterocycles. The summed E-state index contributed by atoms with van der Waals surface area (Å²) in [5.74, 6) is 0. The molecule has 20 heavy (non-hydrogen) atoms. The van der Waals surface area contributed by atoms with Crippen molar-refractivity contribution >= 4 is 41.2 Å². The van der Waals surface area contributed by atoms with E-state index in [9.17, 15) is 4.79 Å². The van der Waals surface area contributed by atoms with Crippen LogP contribution in [0.4, 0.5) is 10.5 Å². The molecule has 0 aromatic heterocycles. The summed E-state index contributed by atoms with van der Waals surface area (Å²) in [6.07, 6.45) is 0.732. The maximum Gasteiger partial charge on any atom is 0.437 e. The molecule has 0 aliphatic heterocycles. The summed E-state index contributed by atoms with van der Waals surface area (Å²) in [6, 6.07) is 13.6. The van der Waals surface area contributed by atoms with E-state index in [0.717, 1.165) is 5.56 Å². The van der Waals surface area contributed by atoms with Gasteiger partial charge in [-0.2, -0.15) is 0 Å². The summed E-state index contributed by atoms with van der Waals surface area (Å²) in [5, 5.41) is 7.30. The molecule has 0 aliphatic carbocycles. The molecule has 1 N–H and O–H groups in total. The highest BCUT2D eigenvalue weighted by Crippen LogP contribution is 2.13. The Hall–Kier alpha value is -2.04. The Balaban J connectivity index is 1.85. The lowest BCUT2D eigenvalue weighted by Crippen LogP contribution is -2.10. The van der Waals surface area contributed by atoms with Gasteiger partial charge in [0.25, 0.3) is 0 Å². The van der Waals surface area contributed by atoms with E-state index < -0.39 is 6.09 Å². The molecule has 6 heteroatoms. The van der Waals surface area contributed by atoms with Gasteiger partial charge in [0.15, 0.2) is 0 Å². The molecule has 0 bridgehead atoms. The molecule has 2 aromatic rings. The lowest BCUT2D eigenvalue weighted by atomic mass is 10.2. The second kappa shape index (κ2) is 6.93. The zero-order valence-corrected chi connectivity index (χ0v) is 11.7. The first kappa shape index (κ1) is 14.4. The normalized spacial score (nSPS) is 10.5. The van der Waals surface area contributed by atoms with Crippen molar-refractivity contribution in [2.24, 2.45) is 5.16 Å². The Morgan fingerprint density at radius 1 is 1.00 bits per heavy atom. The predicted molar refractivity (Wildman–Crippen MR) is 80.6 cm³/mol. The lowest BCUT2D eigenvalue weighted by molar-refractivity contribution is 0.167. The first-order valence-corrected chi connectivity index (χ1v) is 6.41. The van der Waals surface area contributed by atoms with Crippen molar-refractivity contribution in [3.63, 3.8) is 0 Å². The summed E-state index contributed by atoms with van der Waals surface area (Å²) >= 11 is 11.5. The first-order valence-electron chi connectivity index (χ1n) is 5.66. The summed E-state index contributed by atoms with van der Waals surface area (Å²) in [5.41, 5.74) is 1.34. The third kappa shape index (κ3) is 4.57. The minimum atomic E-state index is -0.683. The maximum atomic E-state index is 11.4. The van der Waals surface area contributed by atoms with Gasteiger partial charge in [0.1, 0.15) is 0 Å². The van der Waals surface area contributed by atoms with Crippen molar-refractivity contribution in [3.8, 4) is 0 Å². The van der Waals surface area contributed by atoms with Crippen LogP contribution >= 0.6 is 23.2 Å². The van der Waals surface area contributed by atoms with Crippen molar-refractivity contribution < 1.29 is 9.63 Å². The molecule has 0 atom stereocenters. The van der Waals surface area contributed by atoms with Gasteiger partial charge in [-0.15, -0.1) is 0 Å². The van der Waals surface area contributed by atoms with Crippen molar-refractivity contribution in [2.45, 2.75) is 0 Å². The highest BCUT2D eigenvalue weighted by Gasteiger charge is 2.01. The van der Waals surface area contributed by atoms with Gasteiger partial charge in [-0.05, 0) is 42.0 Å². The number of rotatable bonds is 3. The smallest absolute Gasteiger partial charge is 0.298 e. The fraction of sp³-hybridized carbons (Fsp3) is 0. The fourth-order valence-electron chi connectivity index (χ4n) is 1.36. The Morgan fingerprint density at radius 2 is 1.55 bits per heavy atom. The van der Waals surface area contributed by atoms with E-state index >= 15 is 0 Å². The van der Waals surface area contributed by atoms with Crippen molar-refractivity contribution in [3.05, 3.63) is 64.1 Å². The fourth-order valence-corrected chi connectivity index (χ4v) is 1.61. The van der Waals surface area contributed by atoms with Gasteiger partial charge < -0.3 is 0 Å². The Labute approximate surface area is 125 Å². The van der Waals surface area contributed by atoms with Gasteiger partial charge in [0.05, 0.1) is 6.21 Å². The molecular formula is C14H10Cl2N2O2. The van der Waals surface area contributed by atoms with Gasteiger partial charge in [-0.25, -0.2) is 4.79 Å². The molecule has 4 nitrogen and oxygen atoms in total. The molecule has 0 radical (unpaired) electrons. The number of hydrogen-bond donors (Lipinski definition) is 1.